The molecule has 0 fully saturated rings. The number of hydrogen-bond acceptors (Lipinski definition) is 2. The Balaban J connectivity index is 2.79. The van der Waals surface area contributed by atoms with Gasteiger partial charge in [0.1, 0.15) is 0 Å². The van der Waals surface area contributed by atoms with E-state index >= 15 is 0 Å². The fourth-order valence-electron chi connectivity index (χ4n) is 1.05. The minimum atomic E-state index is -0.944. The maximum absolute atomic E-state index is 10.7. The van der Waals surface area contributed by atoms with E-state index in [1.807, 2.05) is 0 Å². The van der Waals surface area contributed by atoms with Crippen LogP contribution in [0.15, 0.2) is 18.2 Å². The van der Waals surface area contributed by atoms with Gasteiger partial charge < -0.3 is 5.11 Å². The number of hydrogen-bond donors (Lipinski definition) is 1. The average Bonchev–Trinajstić information content (AvgIpc) is 2.15. The van der Waals surface area contributed by atoms with Crippen molar-refractivity contribution in [2.75, 3.05) is 0 Å². The molecule has 1 aromatic rings. The number of aromatic carboxylic acids is 1. The van der Waals surface area contributed by atoms with Gasteiger partial charge in [0.2, 0.25) is 0 Å². The molecule has 2 nitrogen and oxygen atoms in total. The molecule has 0 radical (unpaired) electrons. The zero-order chi connectivity index (χ0) is 11.4. The van der Waals surface area contributed by atoms with Crippen molar-refractivity contribution in [3.05, 3.63) is 34.3 Å². The standard InChI is InChI=1S/C11H13ClO2S/c1-7(2)15-6-9-4-3-8(11(13)14)5-10(9)12/h3-5,7H,6H2,1-2H3,(H,13,14). The molecule has 4 heteroatoms. The minimum absolute atomic E-state index is 0.235. The molecule has 0 saturated carbocycles. The molecule has 0 aliphatic carbocycles. The number of benzene rings is 1. The van der Waals surface area contributed by atoms with Crippen LogP contribution in [-0.4, -0.2) is 16.3 Å². The number of carbonyl (C=O) groups is 1. The summed E-state index contributed by atoms with van der Waals surface area (Å²) in [4.78, 5) is 10.7. The fourth-order valence-corrected chi connectivity index (χ4v) is 2.15. The summed E-state index contributed by atoms with van der Waals surface area (Å²) in [5, 5.41) is 9.83. The first kappa shape index (κ1) is 12.4. The van der Waals surface area contributed by atoms with Crippen LogP contribution < -0.4 is 0 Å². The molecule has 0 aromatic heterocycles. The molecule has 0 spiro atoms. The van der Waals surface area contributed by atoms with Crippen LogP contribution in [-0.2, 0) is 5.75 Å². The first-order valence-electron chi connectivity index (χ1n) is 4.64. The van der Waals surface area contributed by atoms with Crippen LogP contribution in [0.3, 0.4) is 0 Å². The second kappa shape index (κ2) is 5.42. The molecule has 0 atom stereocenters. The van der Waals surface area contributed by atoms with E-state index in [9.17, 15) is 4.79 Å². The number of thioether (sulfide) groups is 1. The summed E-state index contributed by atoms with van der Waals surface area (Å²) in [6, 6.07) is 4.87. The van der Waals surface area contributed by atoms with Crippen molar-refractivity contribution in [2.24, 2.45) is 0 Å². The second-order valence-electron chi connectivity index (χ2n) is 3.47. The fraction of sp³-hybridized carbons (Fsp3) is 0.364. The largest absolute Gasteiger partial charge is 0.478 e. The summed E-state index contributed by atoms with van der Waals surface area (Å²) >= 11 is 7.76. The van der Waals surface area contributed by atoms with Gasteiger partial charge in [0, 0.05) is 10.8 Å². The number of halogens is 1. The first-order chi connectivity index (χ1) is 7.00. The van der Waals surface area contributed by atoms with Crippen molar-refractivity contribution in [1.29, 1.82) is 0 Å². The van der Waals surface area contributed by atoms with E-state index in [4.69, 9.17) is 16.7 Å². The summed E-state index contributed by atoms with van der Waals surface area (Å²) in [5.74, 6) is -0.129. The topological polar surface area (TPSA) is 37.3 Å². The van der Waals surface area contributed by atoms with E-state index in [2.05, 4.69) is 13.8 Å². The quantitative estimate of drug-likeness (QED) is 0.878. The first-order valence-corrected chi connectivity index (χ1v) is 6.06. The van der Waals surface area contributed by atoms with Crippen molar-refractivity contribution in [1.82, 2.24) is 0 Å². The lowest BCUT2D eigenvalue weighted by atomic mass is 10.1. The number of carboxylic acid groups (broad SMARTS) is 1. The molecule has 0 amide bonds. The number of rotatable bonds is 4. The van der Waals surface area contributed by atoms with E-state index in [-0.39, 0.29) is 5.56 Å². The van der Waals surface area contributed by atoms with E-state index < -0.39 is 5.97 Å². The molecule has 1 aromatic carbocycles. The molecule has 82 valence electrons. The Bertz CT molecular complexity index is 364. The van der Waals surface area contributed by atoms with E-state index in [1.54, 1.807) is 23.9 Å². The number of carboxylic acids is 1. The highest BCUT2D eigenvalue weighted by Gasteiger charge is 2.07. The van der Waals surface area contributed by atoms with Crippen LogP contribution in [0.1, 0.15) is 29.8 Å². The van der Waals surface area contributed by atoms with Crippen molar-refractivity contribution in [3.8, 4) is 0 Å². The van der Waals surface area contributed by atoms with Crippen LogP contribution in [0.2, 0.25) is 5.02 Å². The highest BCUT2D eigenvalue weighted by Crippen LogP contribution is 2.24. The zero-order valence-electron chi connectivity index (χ0n) is 8.66. The minimum Gasteiger partial charge on any atom is -0.478 e. The van der Waals surface area contributed by atoms with Crippen LogP contribution in [0.25, 0.3) is 0 Å². The SMILES string of the molecule is CC(C)SCc1ccc(C(=O)O)cc1Cl. The van der Waals surface area contributed by atoms with Gasteiger partial charge in [-0.05, 0) is 22.9 Å². The van der Waals surface area contributed by atoms with Crippen molar-refractivity contribution in [2.45, 2.75) is 24.9 Å². The summed E-state index contributed by atoms with van der Waals surface area (Å²) in [6.07, 6.45) is 0. The Morgan fingerprint density at radius 1 is 1.53 bits per heavy atom. The third kappa shape index (κ3) is 3.76. The maximum Gasteiger partial charge on any atom is 0.335 e. The van der Waals surface area contributed by atoms with Gasteiger partial charge in [0.05, 0.1) is 5.56 Å². The highest BCUT2D eigenvalue weighted by atomic mass is 35.5. The Kier molecular flexibility index (Phi) is 4.48. The van der Waals surface area contributed by atoms with Gasteiger partial charge in [-0.25, -0.2) is 4.79 Å². The highest BCUT2D eigenvalue weighted by molar-refractivity contribution is 7.99. The van der Waals surface area contributed by atoms with Crippen LogP contribution in [0, 0.1) is 0 Å². The monoisotopic (exact) mass is 244 g/mol. The average molecular weight is 245 g/mol. The zero-order valence-corrected chi connectivity index (χ0v) is 10.2. The van der Waals surface area contributed by atoms with E-state index in [0.29, 0.717) is 10.3 Å². The lowest BCUT2D eigenvalue weighted by Crippen LogP contribution is -1.97. The molecule has 0 aliphatic heterocycles. The van der Waals surface area contributed by atoms with Gasteiger partial charge in [-0.2, -0.15) is 11.8 Å². The molecule has 0 unspecified atom stereocenters. The van der Waals surface area contributed by atoms with Crippen molar-refractivity contribution < 1.29 is 9.90 Å². The summed E-state index contributed by atoms with van der Waals surface area (Å²) in [6.45, 7) is 4.23. The predicted octanol–water partition coefficient (Wildman–Crippen LogP) is 3.68. The third-order valence-electron chi connectivity index (χ3n) is 1.87. The predicted molar refractivity (Wildman–Crippen MR) is 64.8 cm³/mol. The molecule has 1 N–H and O–H groups in total. The van der Waals surface area contributed by atoms with Crippen molar-refractivity contribution >= 4 is 29.3 Å². The second-order valence-corrected chi connectivity index (χ2v) is 5.44. The maximum atomic E-state index is 10.7. The molecule has 0 bridgehead atoms. The molecule has 1 rings (SSSR count). The Labute approximate surface area is 98.6 Å². The molecule has 0 aliphatic rings. The Morgan fingerprint density at radius 3 is 2.67 bits per heavy atom. The molecule has 15 heavy (non-hydrogen) atoms. The molecule has 0 heterocycles. The smallest absolute Gasteiger partial charge is 0.335 e. The van der Waals surface area contributed by atoms with Gasteiger partial charge >= 0.3 is 5.97 Å². The summed E-state index contributed by atoms with van der Waals surface area (Å²) in [5.41, 5.74) is 1.22. The summed E-state index contributed by atoms with van der Waals surface area (Å²) < 4.78 is 0. The Morgan fingerprint density at radius 2 is 2.20 bits per heavy atom. The van der Waals surface area contributed by atoms with Crippen LogP contribution in [0.4, 0.5) is 0 Å². The van der Waals surface area contributed by atoms with Gasteiger partial charge in [0.15, 0.2) is 0 Å². The lowest BCUT2D eigenvalue weighted by Gasteiger charge is -2.07. The molecular weight excluding hydrogens is 232 g/mol. The van der Waals surface area contributed by atoms with Gasteiger partial charge in [-0.3, -0.25) is 0 Å². The van der Waals surface area contributed by atoms with Gasteiger partial charge in [-0.1, -0.05) is 31.5 Å². The van der Waals surface area contributed by atoms with Crippen LogP contribution in [0.5, 0.6) is 0 Å². The normalized spacial score (nSPS) is 10.7. The van der Waals surface area contributed by atoms with Crippen LogP contribution >= 0.6 is 23.4 Å². The Hall–Kier alpha value is -0.670. The molecule has 0 saturated heterocycles. The summed E-state index contributed by atoms with van der Waals surface area (Å²) in [7, 11) is 0. The van der Waals surface area contributed by atoms with Gasteiger partial charge in [0.25, 0.3) is 0 Å². The van der Waals surface area contributed by atoms with Crippen molar-refractivity contribution in [3.63, 3.8) is 0 Å². The molecular formula is C11H13ClO2S. The van der Waals surface area contributed by atoms with E-state index in [0.717, 1.165) is 11.3 Å². The van der Waals surface area contributed by atoms with E-state index in [1.165, 1.54) is 6.07 Å². The van der Waals surface area contributed by atoms with Gasteiger partial charge in [-0.15, -0.1) is 0 Å². The third-order valence-corrected chi connectivity index (χ3v) is 3.37. The lowest BCUT2D eigenvalue weighted by molar-refractivity contribution is 0.0697.